The maximum absolute atomic E-state index is 13.8. The van der Waals surface area contributed by atoms with Gasteiger partial charge in [0.05, 0.1) is 18.0 Å². The second kappa shape index (κ2) is 7.53. The van der Waals surface area contributed by atoms with Crippen LogP contribution < -0.4 is 15.8 Å². The number of hydrogen-bond acceptors (Lipinski definition) is 3. The standard InChI is InChI=1S/C17H27FN2O/c1-3-7-21-17-10-16(15(19)9-14(17)18)20-11-13-6-4-5-12(2)8-13/h9-10,12-13,20H,3-8,11,19H2,1-2H3. The number of nitrogens with one attached hydrogen (secondary N) is 1. The van der Waals surface area contributed by atoms with E-state index in [9.17, 15) is 4.39 Å². The Hall–Kier alpha value is -1.45. The first-order chi connectivity index (χ1) is 10.1. The molecule has 0 amide bonds. The summed E-state index contributed by atoms with van der Waals surface area (Å²) in [7, 11) is 0. The molecule has 3 nitrogen and oxygen atoms in total. The highest BCUT2D eigenvalue weighted by molar-refractivity contribution is 5.68. The van der Waals surface area contributed by atoms with Crippen LogP contribution in [0.25, 0.3) is 0 Å². The summed E-state index contributed by atoms with van der Waals surface area (Å²) in [5.41, 5.74) is 7.13. The highest BCUT2D eigenvalue weighted by atomic mass is 19.1. The van der Waals surface area contributed by atoms with Crippen LogP contribution in [0.1, 0.15) is 46.0 Å². The molecule has 2 unspecified atom stereocenters. The Labute approximate surface area is 127 Å². The number of benzene rings is 1. The van der Waals surface area contributed by atoms with Gasteiger partial charge in [0.1, 0.15) is 0 Å². The van der Waals surface area contributed by atoms with Gasteiger partial charge in [-0.25, -0.2) is 4.39 Å². The van der Waals surface area contributed by atoms with E-state index in [-0.39, 0.29) is 5.75 Å². The Balaban J connectivity index is 1.98. The van der Waals surface area contributed by atoms with Crippen LogP contribution >= 0.6 is 0 Å². The van der Waals surface area contributed by atoms with Gasteiger partial charge in [0.25, 0.3) is 0 Å². The number of hydrogen-bond donors (Lipinski definition) is 2. The maximum Gasteiger partial charge on any atom is 0.167 e. The topological polar surface area (TPSA) is 47.3 Å². The molecule has 1 aromatic rings. The lowest BCUT2D eigenvalue weighted by Gasteiger charge is -2.27. The number of anilines is 2. The molecule has 118 valence electrons. The molecule has 1 fully saturated rings. The molecule has 21 heavy (non-hydrogen) atoms. The molecule has 0 saturated heterocycles. The predicted molar refractivity (Wildman–Crippen MR) is 86.2 cm³/mol. The fraction of sp³-hybridized carbons (Fsp3) is 0.647. The number of ether oxygens (including phenoxy) is 1. The molecule has 2 rings (SSSR count). The van der Waals surface area contributed by atoms with Gasteiger partial charge < -0.3 is 15.8 Å². The highest BCUT2D eigenvalue weighted by Gasteiger charge is 2.19. The Bertz CT molecular complexity index is 464. The monoisotopic (exact) mass is 294 g/mol. The summed E-state index contributed by atoms with van der Waals surface area (Å²) >= 11 is 0. The van der Waals surface area contributed by atoms with Crippen LogP contribution in [0.5, 0.6) is 5.75 Å². The summed E-state index contributed by atoms with van der Waals surface area (Å²) in [6, 6.07) is 3.03. The van der Waals surface area contributed by atoms with Gasteiger partial charge in [0.15, 0.2) is 11.6 Å². The molecule has 1 aliphatic rings. The molecule has 2 atom stereocenters. The summed E-state index contributed by atoms with van der Waals surface area (Å²) in [5, 5.41) is 3.38. The van der Waals surface area contributed by atoms with E-state index in [1.165, 1.54) is 31.7 Å². The molecule has 0 heterocycles. The van der Waals surface area contributed by atoms with E-state index in [2.05, 4.69) is 12.2 Å². The minimum Gasteiger partial charge on any atom is -0.490 e. The molecule has 0 radical (unpaired) electrons. The summed E-state index contributed by atoms with van der Waals surface area (Å²) in [6.45, 7) is 5.72. The Morgan fingerprint density at radius 1 is 1.38 bits per heavy atom. The van der Waals surface area contributed by atoms with Crippen molar-refractivity contribution in [2.24, 2.45) is 11.8 Å². The summed E-state index contributed by atoms with van der Waals surface area (Å²) in [4.78, 5) is 0. The van der Waals surface area contributed by atoms with Crippen LogP contribution in [0.15, 0.2) is 12.1 Å². The molecule has 0 spiro atoms. The zero-order valence-corrected chi connectivity index (χ0v) is 13.1. The van der Waals surface area contributed by atoms with E-state index in [0.29, 0.717) is 18.2 Å². The summed E-state index contributed by atoms with van der Waals surface area (Å²) in [6.07, 6.45) is 6.01. The minimum atomic E-state index is -0.391. The molecule has 0 aromatic heterocycles. The van der Waals surface area contributed by atoms with Gasteiger partial charge in [0, 0.05) is 18.7 Å². The van der Waals surface area contributed by atoms with E-state index >= 15 is 0 Å². The van der Waals surface area contributed by atoms with Crippen LogP contribution in [-0.4, -0.2) is 13.2 Å². The van der Waals surface area contributed by atoms with Gasteiger partial charge in [-0.3, -0.25) is 0 Å². The minimum absolute atomic E-state index is 0.283. The first kappa shape index (κ1) is 15.9. The third-order valence-corrected chi connectivity index (χ3v) is 4.19. The predicted octanol–water partition coefficient (Wildman–Crippen LogP) is 4.43. The fourth-order valence-corrected chi connectivity index (χ4v) is 3.04. The third kappa shape index (κ3) is 4.51. The molecule has 1 saturated carbocycles. The van der Waals surface area contributed by atoms with Crippen molar-refractivity contribution in [1.82, 2.24) is 0 Å². The Kier molecular flexibility index (Phi) is 5.71. The number of rotatable bonds is 6. The zero-order valence-electron chi connectivity index (χ0n) is 13.1. The van der Waals surface area contributed by atoms with Crippen LogP contribution in [0.4, 0.5) is 15.8 Å². The van der Waals surface area contributed by atoms with Crippen LogP contribution in [0.2, 0.25) is 0 Å². The first-order valence-electron chi connectivity index (χ1n) is 8.05. The van der Waals surface area contributed by atoms with Gasteiger partial charge in [-0.1, -0.05) is 26.7 Å². The normalized spacial score (nSPS) is 22.0. The van der Waals surface area contributed by atoms with Gasteiger partial charge in [0.2, 0.25) is 0 Å². The van der Waals surface area contributed by atoms with E-state index in [4.69, 9.17) is 10.5 Å². The number of nitrogen functional groups attached to an aromatic ring is 1. The molecule has 1 aromatic carbocycles. The number of halogens is 1. The summed E-state index contributed by atoms with van der Waals surface area (Å²) < 4.78 is 19.2. The molecule has 0 bridgehead atoms. The smallest absolute Gasteiger partial charge is 0.167 e. The quantitative estimate of drug-likeness (QED) is 0.763. The van der Waals surface area contributed by atoms with E-state index in [0.717, 1.165) is 24.6 Å². The van der Waals surface area contributed by atoms with Crippen molar-refractivity contribution >= 4 is 11.4 Å². The van der Waals surface area contributed by atoms with Crippen LogP contribution in [0, 0.1) is 17.7 Å². The van der Waals surface area contributed by atoms with Crippen molar-refractivity contribution in [3.05, 3.63) is 17.9 Å². The molecule has 0 aliphatic heterocycles. The lowest BCUT2D eigenvalue weighted by atomic mass is 9.82. The van der Waals surface area contributed by atoms with Crippen molar-refractivity contribution in [2.45, 2.75) is 46.0 Å². The average Bonchev–Trinajstić information content (AvgIpc) is 2.45. The van der Waals surface area contributed by atoms with Gasteiger partial charge in [-0.15, -0.1) is 0 Å². The van der Waals surface area contributed by atoms with Crippen molar-refractivity contribution in [3.63, 3.8) is 0 Å². The number of nitrogens with two attached hydrogens (primary N) is 1. The molecule has 1 aliphatic carbocycles. The molecule has 3 N–H and O–H groups in total. The average molecular weight is 294 g/mol. The van der Waals surface area contributed by atoms with Gasteiger partial charge >= 0.3 is 0 Å². The Morgan fingerprint density at radius 3 is 2.90 bits per heavy atom. The molecular weight excluding hydrogens is 267 g/mol. The maximum atomic E-state index is 13.8. The highest BCUT2D eigenvalue weighted by Crippen LogP contribution is 2.31. The van der Waals surface area contributed by atoms with Crippen molar-refractivity contribution in [3.8, 4) is 5.75 Å². The lowest BCUT2D eigenvalue weighted by Crippen LogP contribution is -2.21. The largest absolute Gasteiger partial charge is 0.490 e. The zero-order chi connectivity index (χ0) is 15.2. The van der Waals surface area contributed by atoms with Crippen molar-refractivity contribution in [2.75, 3.05) is 24.2 Å². The third-order valence-electron chi connectivity index (χ3n) is 4.19. The summed E-state index contributed by atoms with van der Waals surface area (Å²) in [5.74, 6) is 1.38. The molecular formula is C17H27FN2O. The van der Waals surface area contributed by atoms with Gasteiger partial charge in [-0.2, -0.15) is 0 Å². The lowest BCUT2D eigenvalue weighted by molar-refractivity contribution is 0.293. The SMILES string of the molecule is CCCOc1cc(NCC2CCCC(C)C2)c(N)cc1F. The van der Waals surface area contributed by atoms with E-state index < -0.39 is 5.82 Å². The van der Waals surface area contributed by atoms with Crippen molar-refractivity contribution in [1.29, 1.82) is 0 Å². The van der Waals surface area contributed by atoms with Crippen LogP contribution in [-0.2, 0) is 0 Å². The fourth-order valence-electron chi connectivity index (χ4n) is 3.04. The van der Waals surface area contributed by atoms with E-state index in [1.54, 1.807) is 6.07 Å². The van der Waals surface area contributed by atoms with Crippen molar-refractivity contribution < 1.29 is 9.13 Å². The van der Waals surface area contributed by atoms with E-state index in [1.807, 2.05) is 6.92 Å². The second-order valence-corrected chi connectivity index (χ2v) is 6.24. The van der Waals surface area contributed by atoms with Gasteiger partial charge in [-0.05, 0) is 31.1 Å². The Morgan fingerprint density at radius 2 is 2.19 bits per heavy atom. The van der Waals surface area contributed by atoms with Crippen LogP contribution in [0.3, 0.4) is 0 Å². The molecule has 4 heteroatoms. The first-order valence-corrected chi connectivity index (χ1v) is 8.05. The second-order valence-electron chi connectivity index (χ2n) is 6.24.